The van der Waals surface area contributed by atoms with Gasteiger partial charge in [0.15, 0.2) is 6.10 Å². The number of benzene rings is 3. The summed E-state index contributed by atoms with van der Waals surface area (Å²) in [5, 5.41) is 4.20. The summed E-state index contributed by atoms with van der Waals surface area (Å²) in [6, 6.07) is 19.6. The van der Waals surface area contributed by atoms with E-state index in [1.165, 1.54) is 30.3 Å². The molecule has 1 atom stereocenters. The van der Waals surface area contributed by atoms with Crippen LogP contribution in [0.25, 0.3) is 0 Å². The third-order valence-corrected chi connectivity index (χ3v) is 5.16. The lowest BCUT2D eigenvalue weighted by molar-refractivity contribution is 0.0404. The van der Waals surface area contributed by atoms with Crippen molar-refractivity contribution in [2.24, 2.45) is 5.16 Å². The molecule has 3 aromatic rings. The van der Waals surface area contributed by atoms with Gasteiger partial charge in [-0.15, -0.1) is 0 Å². The van der Waals surface area contributed by atoms with E-state index in [0.717, 1.165) is 16.8 Å². The van der Waals surface area contributed by atoms with Crippen LogP contribution in [-0.4, -0.2) is 29.2 Å². The predicted octanol–water partition coefficient (Wildman–Crippen LogP) is 5.11. The van der Waals surface area contributed by atoms with Gasteiger partial charge in [-0.05, 0) is 48.4 Å². The number of hydrogen-bond acceptors (Lipinski definition) is 3. The summed E-state index contributed by atoms with van der Waals surface area (Å²) in [7, 11) is 0. The van der Waals surface area contributed by atoms with Crippen molar-refractivity contribution in [1.29, 1.82) is 0 Å². The highest BCUT2D eigenvalue weighted by atomic mass is 19.1. The topological polar surface area (TPSA) is 41.9 Å². The lowest BCUT2D eigenvalue weighted by Crippen LogP contribution is -2.37. The van der Waals surface area contributed by atoms with Crippen LogP contribution in [0.1, 0.15) is 33.5 Å². The smallest absolute Gasteiger partial charge is 0.254 e. The molecule has 3 aromatic carbocycles. The number of nitrogens with zero attached hydrogens (tertiary/aromatic N) is 2. The summed E-state index contributed by atoms with van der Waals surface area (Å²) < 4.78 is 27.4. The lowest BCUT2D eigenvalue weighted by Gasteiger charge is -2.25. The van der Waals surface area contributed by atoms with Gasteiger partial charge in [0, 0.05) is 18.5 Å². The first kappa shape index (κ1) is 20.7. The molecule has 0 saturated carbocycles. The largest absolute Gasteiger partial charge is 0.390 e. The molecule has 1 unspecified atom stereocenters. The zero-order valence-electron chi connectivity index (χ0n) is 17.1. The van der Waals surface area contributed by atoms with Crippen LogP contribution in [0.5, 0.6) is 0 Å². The molecule has 0 bridgehead atoms. The molecule has 4 nitrogen and oxygen atoms in total. The summed E-state index contributed by atoms with van der Waals surface area (Å²) in [6.07, 6.45) is 0.196. The number of halogens is 2. The number of carbonyl (C=O) groups excluding carboxylic acids is 1. The van der Waals surface area contributed by atoms with Gasteiger partial charge in [-0.25, -0.2) is 8.78 Å². The highest BCUT2D eigenvalue weighted by Gasteiger charge is 2.27. The molecule has 0 saturated heterocycles. The number of oxime groups is 1. The Bertz CT molecular complexity index is 1110. The Labute approximate surface area is 179 Å². The molecule has 0 fully saturated rings. The van der Waals surface area contributed by atoms with Gasteiger partial charge in [-0.3, -0.25) is 4.79 Å². The van der Waals surface area contributed by atoms with Crippen LogP contribution in [-0.2, 0) is 11.4 Å². The molecule has 4 rings (SSSR count). The van der Waals surface area contributed by atoms with Crippen molar-refractivity contribution in [3.05, 3.63) is 107 Å². The van der Waals surface area contributed by atoms with Gasteiger partial charge in [-0.2, -0.15) is 0 Å². The van der Waals surface area contributed by atoms with Gasteiger partial charge in [0.1, 0.15) is 11.6 Å². The average Bonchev–Trinajstić information content (AvgIpc) is 3.22. The maximum atomic E-state index is 13.7. The molecule has 0 spiro atoms. The molecule has 6 heteroatoms. The Morgan fingerprint density at radius 2 is 1.74 bits per heavy atom. The van der Waals surface area contributed by atoms with Crippen LogP contribution in [0.2, 0.25) is 0 Å². The lowest BCUT2D eigenvalue weighted by atomic mass is 10.0. The minimum Gasteiger partial charge on any atom is -0.390 e. The molecule has 158 valence electrons. The number of amides is 1. The number of hydrogen-bond donors (Lipinski definition) is 0. The van der Waals surface area contributed by atoms with Crippen LogP contribution in [0, 0.1) is 18.6 Å². The van der Waals surface area contributed by atoms with Gasteiger partial charge in [-0.1, -0.05) is 53.2 Å². The first-order chi connectivity index (χ1) is 15.0. The van der Waals surface area contributed by atoms with E-state index in [2.05, 4.69) is 5.16 Å². The van der Waals surface area contributed by atoms with Crippen molar-refractivity contribution in [2.45, 2.75) is 26.0 Å². The minimum atomic E-state index is -0.487. The number of aryl methyl sites for hydroxylation is 1. The summed E-state index contributed by atoms with van der Waals surface area (Å²) in [6.45, 7) is 2.43. The highest BCUT2D eigenvalue weighted by Crippen LogP contribution is 2.21. The standard InChI is InChI=1S/C25H22F2N2O2/c1-17-8-10-19(11-9-17)24-14-23(31-28-24)16-29(15-18-4-2-6-21(26)12-18)25(30)20-5-3-7-22(27)13-20/h2-13,23H,14-16H2,1H3. The van der Waals surface area contributed by atoms with Crippen molar-refractivity contribution < 1.29 is 18.4 Å². The maximum absolute atomic E-state index is 13.7. The molecule has 0 N–H and O–H groups in total. The molecular weight excluding hydrogens is 398 g/mol. The summed E-state index contributed by atoms with van der Waals surface area (Å²) >= 11 is 0. The number of rotatable bonds is 6. The van der Waals surface area contributed by atoms with E-state index in [-0.39, 0.29) is 36.5 Å². The van der Waals surface area contributed by atoms with Gasteiger partial charge < -0.3 is 9.74 Å². The second-order valence-electron chi connectivity index (χ2n) is 7.66. The van der Waals surface area contributed by atoms with Crippen LogP contribution in [0.3, 0.4) is 0 Å². The van der Waals surface area contributed by atoms with E-state index in [1.807, 2.05) is 31.2 Å². The maximum Gasteiger partial charge on any atom is 0.254 e. The van der Waals surface area contributed by atoms with E-state index in [4.69, 9.17) is 4.84 Å². The van der Waals surface area contributed by atoms with E-state index in [0.29, 0.717) is 12.0 Å². The highest BCUT2D eigenvalue weighted by molar-refractivity contribution is 6.01. The monoisotopic (exact) mass is 420 g/mol. The number of carbonyl (C=O) groups is 1. The zero-order chi connectivity index (χ0) is 21.8. The van der Waals surface area contributed by atoms with E-state index in [9.17, 15) is 13.6 Å². The molecular formula is C25H22F2N2O2. The average molecular weight is 420 g/mol. The van der Waals surface area contributed by atoms with Gasteiger partial charge in [0.25, 0.3) is 5.91 Å². The molecule has 1 heterocycles. The third kappa shape index (κ3) is 5.15. The molecule has 1 aliphatic heterocycles. The Balaban J connectivity index is 1.52. The first-order valence-corrected chi connectivity index (χ1v) is 10.1. The molecule has 0 radical (unpaired) electrons. The Hall–Kier alpha value is -3.54. The summed E-state index contributed by atoms with van der Waals surface area (Å²) in [5.41, 5.74) is 3.81. The van der Waals surface area contributed by atoms with Crippen molar-refractivity contribution in [3.8, 4) is 0 Å². The fraction of sp³-hybridized carbons (Fsp3) is 0.200. The summed E-state index contributed by atoms with van der Waals surface area (Å²) in [4.78, 5) is 20.3. The minimum absolute atomic E-state index is 0.173. The molecule has 1 amide bonds. The summed E-state index contributed by atoms with van der Waals surface area (Å²) in [5.74, 6) is -1.22. The molecule has 0 aliphatic carbocycles. The van der Waals surface area contributed by atoms with Crippen molar-refractivity contribution >= 4 is 11.6 Å². The second kappa shape index (κ2) is 9.08. The third-order valence-electron chi connectivity index (χ3n) is 5.16. The van der Waals surface area contributed by atoms with Crippen LogP contribution < -0.4 is 0 Å². The Morgan fingerprint density at radius 1 is 1.03 bits per heavy atom. The normalized spacial score (nSPS) is 15.3. The molecule has 1 aliphatic rings. The van der Waals surface area contributed by atoms with Crippen LogP contribution >= 0.6 is 0 Å². The molecule has 31 heavy (non-hydrogen) atoms. The SMILES string of the molecule is Cc1ccc(C2=NOC(CN(Cc3cccc(F)c3)C(=O)c3cccc(F)c3)C2)cc1. The van der Waals surface area contributed by atoms with Gasteiger partial charge in [0.05, 0.1) is 12.3 Å². The Morgan fingerprint density at radius 3 is 2.45 bits per heavy atom. The second-order valence-corrected chi connectivity index (χ2v) is 7.66. The zero-order valence-corrected chi connectivity index (χ0v) is 17.1. The quantitative estimate of drug-likeness (QED) is 0.556. The van der Waals surface area contributed by atoms with Crippen molar-refractivity contribution in [3.63, 3.8) is 0 Å². The fourth-order valence-corrected chi connectivity index (χ4v) is 3.57. The molecule has 0 aromatic heterocycles. The predicted molar refractivity (Wildman–Crippen MR) is 115 cm³/mol. The van der Waals surface area contributed by atoms with Crippen molar-refractivity contribution in [2.75, 3.05) is 6.54 Å². The first-order valence-electron chi connectivity index (χ1n) is 10.1. The van der Waals surface area contributed by atoms with Crippen LogP contribution in [0.15, 0.2) is 78.0 Å². The van der Waals surface area contributed by atoms with E-state index >= 15 is 0 Å². The van der Waals surface area contributed by atoms with E-state index in [1.54, 1.807) is 23.1 Å². The van der Waals surface area contributed by atoms with E-state index < -0.39 is 5.82 Å². The van der Waals surface area contributed by atoms with Gasteiger partial charge >= 0.3 is 0 Å². The van der Waals surface area contributed by atoms with Gasteiger partial charge in [0.2, 0.25) is 0 Å². The van der Waals surface area contributed by atoms with Crippen molar-refractivity contribution in [1.82, 2.24) is 4.90 Å². The fourth-order valence-electron chi connectivity index (χ4n) is 3.57. The Kier molecular flexibility index (Phi) is 6.07. The van der Waals surface area contributed by atoms with Crippen LogP contribution in [0.4, 0.5) is 8.78 Å².